The molecule has 1 aromatic carbocycles. The third kappa shape index (κ3) is 2.38. The topological polar surface area (TPSA) is 72.8 Å². The van der Waals surface area contributed by atoms with Gasteiger partial charge in [-0.1, -0.05) is 12.5 Å². The average molecular weight is 326 g/mol. The SMILES string of the molecule is COc1ccc(C2(O)CC3CCCC(C2)S3(=O)=O)cc1OC. The minimum atomic E-state index is -3.09. The van der Waals surface area contributed by atoms with Crippen LogP contribution in [0, 0.1) is 0 Å². The van der Waals surface area contributed by atoms with E-state index in [-0.39, 0.29) is 12.8 Å². The monoisotopic (exact) mass is 326 g/mol. The lowest BCUT2D eigenvalue weighted by Gasteiger charge is -2.44. The fraction of sp³-hybridized carbons (Fsp3) is 0.625. The highest BCUT2D eigenvalue weighted by Gasteiger charge is 2.51. The molecule has 2 fully saturated rings. The molecule has 0 radical (unpaired) electrons. The van der Waals surface area contributed by atoms with Crippen LogP contribution in [0.1, 0.15) is 37.7 Å². The summed E-state index contributed by atoms with van der Waals surface area (Å²) in [6.45, 7) is 0. The van der Waals surface area contributed by atoms with Crippen molar-refractivity contribution in [2.75, 3.05) is 14.2 Å². The zero-order valence-electron chi connectivity index (χ0n) is 12.9. The van der Waals surface area contributed by atoms with Gasteiger partial charge in [-0.2, -0.15) is 0 Å². The number of methoxy groups -OCH3 is 2. The highest BCUT2D eigenvalue weighted by Crippen LogP contribution is 2.47. The van der Waals surface area contributed by atoms with Crippen molar-refractivity contribution in [1.82, 2.24) is 0 Å². The number of fused-ring (bicyclic) bond motifs is 2. The maximum absolute atomic E-state index is 12.4. The molecule has 5 nitrogen and oxygen atoms in total. The van der Waals surface area contributed by atoms with Gasteiger partial charge in [0.2, 0.25) is 0 Å². The molecule has 0 aromatic heterocycles. The molecular weight excluding hydrogens is 304 g/mol. The molecule has 2 atom stereocenters. The highest BCUT2D eigenvalue weighted by atomic mass is 32.2. The highest BCUT2D eigenvalue weighted by molar-refractivity contribution is 7.92. The quantitative estimate of drug-likeness (QED) is 0.920. The van der Waals surface area contributed by atoms with Crippen molar-refractivity contribution in [2.24, 2.45) is 0 Å². The third-order valence-corrected chi connectivity index (χ3v) is 7.70. The summed E-state index contributed by atoms with van der Waals surface area (Å²) in [4.78, 5) is 0. The maximum Gasteiger partial charge on any atom is 0.161 e. The number of benzene rings is 1. The molecule has 0 aliphatic carbocycles. The molecule has 1 aromatic rings. The molecule has 0 amide bonds. The van der Waals surface area contributed by atoms with E-state index in [1.165, 1.54) is 0 Å². The molecule has 0 spiro atoms. The van der Waals surface area contributed by atoms with E-state index >= 15 is 0 Å². The summed E-state index contributed by atoms with van der Waals surface area (Å²) in [5.41, 5.74) is -0.405. The standard InChI is InChI=1S/C16H22O5S/c1-20-14-7-6-11(8-15(14)21-2)16(17)9-12-4-3-5-13(10-16)22(12,18)19/h6-8,12-13,17H,3-5,9-10H2,1-2H3. The number of sulfone groups is 1. The van der Waals surface area contributed by atoms with Gasteiger partial charge in [0.05, 0.1) is 30.3 Å². The Morgan fingerprint density at radius 2 is 1.68 bits per heavy atom. The van der Waals surface area contributed by atoms with Crippen molar-refractivity contribution >= 4 is 9.84 Å². The van der Waals surface area contributed by atoms with Crippen LogP contribution >= 0.6 is 0 Å². The second-order valence-electron chi connectivity index (χ2n) is 6.27. The van der Waals surface area contributed by atoms with E-state index < -0.39 is 25.9 Å². The maximum atomic E-state index is 12.4. The van der Waals surface area contributed by atoms with Crippen LogP contribution in [0.2, 0.25) is 0 Å². The van der Waals surface area contributed by atoms with Gasteiger partial charge in [0.25, 0.3) is 0 Å². The zero-order chi connectivity index (χ0) is 16.0. The summed E-state index contributed by atoms with van der Waals surface area (Å²) in [6, 6.07) is 5.31. The molecule has 2 aliphatic rings. The van der Waals surface area contributed by atoms with Crippen LogP contribution in [-0.2, 0) is 15.4 Å². The lowest BCUT2D eigenvalue weighted by Crippen LogP contribution is -2.50. The molecule has 2 aliphatic heterocycles. The van der Waals surface area contributed by atoms with E-state index in [2.05, 4.69) is 0 Å². The Morgan fingerprint density at radius 3 is 2.23 bits per heavy atom. The zero-order valence-corrected chi connectivity index (χ0v) is 13.7. The normalized spacial score (nSPS) is 33.2. The van der Waals surface area contributed by atoms with Crippen LogP contribution in [0.15, 0.2) is 18.2 Å². The van der Waals surface area contributed by atoms with Crippen molar-refractivity contribution in [2.45, 2.75) is 48.2 Å². The molecular formula is C16H22O5S. The van der Waals surface area contributed by atoms with Gasteiger partial charge >= 0.3 is 0 Å². The number of hydrogen-bond donors (Lipinski definition) is 1. The first-order valence-electron chi connectivity index (χ1n) is 7.58. The summed E-state index contributed by atoms with van der Waals surface area (Å²) in [5.74, 6) is 1.14. The molecule has 0 saturated carbocycles. The van der Waals surface area contributed by atoms with Crippen LogP contribution in [-0.4, -0.2) is 38.2 Å². The molecule has 2 unspecified atom stereocenters. The Labute approximate surface area is 131 Å². The Balaban J connectivity index is 1.98. The largest absolute Gasteiger partial charge is 0.493 e. The second kappa shape index (κ2) is 5.42. The van der Waals surface area contributed by atoms with Gasteiger partial charge in [0.1, 0.15) is 0 Å². The lowest BCUT2D eigenvalue weighted by molar-refractivity contribution is 0.00479. The molecule has 1 N–H and O–H groups in total. The van der Waals surface area contributed by atoms with Gasteiger partial charge in [0, 0.05) is 0 Å². The first-order chi connectivity index (χ1) is 10.4. The first-order valence-corrected chi connectivity index (χ1v) is 9.19. The molecule has 6 heteroatoms. The van der Waals surface area contributed by atoms with Gasteiger partial charge in [0.15, 0.2) is 21.3 Å². The van der Waals surface area contributed by atoms with E-state index in [1.807, 2.05) is 0 Å². The molecule has 2 bridgehead atoms. The number of ether oxygens (including phenoxy) is 2. The van der Waals surface area contributed by atoms with Gasteiger partial charge in [-0.05, 0) is 43.4 Å². The van der Waals surface area contributed by atoms with E-state index in [4.69, 9.17) is 9.47 Å². The summed E-state index contributed by atoms with van der Waals surface area (Å²) in [5, 5.41) is 10.2. The van der Waals surface area contributed by atoms with Gasteiger partial charge in [-0.3, -0.25) is 0 Å². The molecule has 3 rings (SSSR count). The Kier molecular flexibility index (Phi) is 3.85. The van der Waals surface area contributed by atoms with Crippen LogP contribution in [0.4, 0.5) is 0 Å². The summed E-state index contributed by atoms with van der Waals surface area (Å²) < 4.78 is 35.3. The van der Waals surface area contributed by atoms with Gasteiger partial charge in [-0.15, -0.1) is 0 Å². The van der Waals surface area contributed by atoms with E-state index in [1.54, 1.807) is 32.4 Å². The molecule has 22 heavy (non-hydrogen) atoms. The van der Waals surface area contributed by atoms with Crippen LogP contribution in [0.3, 0.4) is 0 Å². The summed E-state index contributed by atoms with van der Waals surface area (Å²) >= 11 is 0. The predicted octanol–water partition coefficient (Wildman–Crippen LogP) is 2.02. The van der Waals surface area contributed by atoms with E-state index in [0.717, 1.165) is 6.42 Å². The molecule has 2 heterocycles. The Bertz CT molecular complexity index is 647. The minimum Gasteiger partial charge on any atom is -0.493 e. The van der Waals surface area contributed by atoms with E-state index in [0.29, 0.717) is 29.9 Å². The predicted molar refractivity (Wildman–Crippen MR) is 83.0 cm³/mol. The molecule has 122 valence electrons. The summed E-state index contributed by atoms with van der Waals surface area (Å²) in [7, 11) is 0.0177. The molecule has 2 saturated heterocycles. The Morgan fingerprint density at radius 1 is 1.09 bits per heavy atom. The summed E-state index contributed by atoms with van der Waals surface area (Å²) in [6.07, 6.45) is 2.75. The van der Waals surface area contributed by atoms with Crippen LogP contribution in [0.5, 0.6) is 11.5 Å². The smallest absolute Gasteiger partial charge is 0.161 e. The van der Waals surface area contributed by atoms with E-state index in [9.17, 15) is 13.5 Å². The third-order valence-electron chi connectivity index (χ3n) is 5.03. The van der Waals surface area contributed by atoms with Crippen molar-refractivity contribution in [3.63, 3.8) is 0 Å². The van der Waals surface area contributed by atoms with Crippen molar-refractivity contribution in [3.05, 3.63) is 23.8 Å². The number of aliphatic hydroxyl groups is 1. The first kappa shape index (κ1) is 15.6. The average Bonchev–Trinajstić information content (AvgIpc) is 2.48. The minimum absolute atomic E-state index is 0.265. The number of rotatable bonds is 3. The van der Waals surface area contributed by atoms with Crippen molar-refractivity contribution in [1.29, 1.82) is 0 Å². The van der Waals surface area contributed by atoms with Crippen molar-refractivity contribution < 1.29 is 23.0 Å². The van der Waals surface area contributed by atoms with Crippen LogP contribution < -0.4 is 9.47 Å². The fourth-order valence-electron chi connectivity index (χ4n) is 3.81. The fourth-order valence-corrected chi connectivity index (χ4v) is 6.36. The number of hydrogen-bond acceptors (Lipinski definition) is 5. The second-order valence-corrected chi connectivity index (χ2v) is 8.78. The Hall–Kier alpha value is -1.27. The lowest BCUT2D eigenvalue weighted by atomic mass is 9.80. The van der Waals surface area contributed by atoms with Gasteiger partial charge in [-0.25, -0.2) is 8.42 Å². The van der Waals surface area contributed by atoms with Crippen LogP contribution in [0.25, 0.3) is 0 Å². The van der Waals surface area contributed by atoms with Gasteiger partial charge < -0.3 is 14.6 Å². The van der Waals surface area contributed by atoms with Crippen molar-refractivity contribution in [3.8, 4) is 11.5 Å².